The molecule has 0 saturated carbocycles. The molecule has 1 heteroatoms. The van der Waals surface area contributed by atoms with Crippen molar-refractivity contribution in [2.45, 2.75) is 6.92 Å². The molecule has 0 saturated heterocycles. The van der Waals surface area contributed by atoms with Gasteiger partial charge in [0, 0.05) is 16.5 Å². The third kappa shape index (κ3) is 3.11. The second-order valence-electron chi connectivity index (χ2n) is 8.37. The fourth-order valence-corrected chi connectivity index (χ4v) is 4.69. The standard InChI is InChI=1S/C31H23N/c1-22-8-7-11-25(20-22)26-16-19-31-29(21-26)28-12-5-6-13-30(28)32(31)27-17-14-24(15-18-27)23-9-3-2-4-10-23/h2-21H,1H3. The normalized spacial score (nSPS) is 11.3. The fourth-order valence-electron chi connectivity index (χ4n) is 4.69. The Morgan fingerprint density at radius 2 is 1.06 bits per heavy atom. The highest BCUT2D eigenvalue weighted by Crippen LogP contribution is 2.35. The van der Waals surface area contributed by atoms with Gasteiger partial charge in [-0.1, -0.05) is 96.6 Å². The maximum absolute atomic E-state index is 2.37. The molecular formula is C31H23N. The third-order valence-electron chi connectivity index (χ3n) is 6.26. The van der Waals surface area contributed by atoms with Gasteiger partial charge in [0.25, 0.3) is 0 Å². The lowest BCUT2D eigenvalue weighted by Crippen LogP contribution is -1.93. The molecule has 0 spiro atoms. The molecule has 0 N–H and O–H groups in total. The molecule has 0 fully saturated rings. The van der Waals surface area contributed by atoms with Crippen LogP contribution in [0.1, 0.15) is 5.56 Å². The monoisotopic (exact) mass is 409 g/mol. The van der Waals surface area contributed by atoms with E-state index in [-0.39, 0.29) is 0 Å². The second kappa shape index (κ2) is 7.55. The third-order valence-corrected chi connectivity index (χ3v) is 6.26. The van der Waals surface area contributed by atoms with E-state index >= 15 is 0 Å². The van der Waals surface area contributed by atoms with E-state index in [1.165, 1.54) is 55.3 Å². The fraction of sp³-hybridized carbons (Fsp3) is 0.0323. The maximum Gasteiger partial charge on any atom is 0.0541 e. The Morgan fingerprint density at radius 3 is 1.88 bits per heavy atom. The lowest BCUT2D eigenvalue weighted by atomic mass is 10.0. The predicted octanol–water partition coefficient (Wildman–Crippen LogP) is 8.43. The summed E-state index contributed by atoms with van der Waals surface area (Å²) in [7, 11) is 0. The zero-order valence-corrected chi connectivity index (χ0v) is 18.0. The summed E-state index contributed by atoms with van der Waals surface area (Å²) >= 11 is 0. The largest absolute Gasteiger partial charge is 0.309 e. The van der Waals surface area contributed by atoms with Crippen molar-refractivity contribution in [2.75, 3.05) is 0 Å². The summed E-state index contributed by atoms with van der Waals surface area (Å²) in [6, 6.07) is 43.7. The molecule has 32 heavy (non-hydrogen) atoms. The van der Waals surface area contributed by atoms with Crippen LogP contribution in [0.3, 0.4) is 0 Å². The van der Waals surface area contributed by atoms with Crippen LogP contribution in [0.15, 0.2) is 121 Å². The van der Waals surface area contributed by atoms with Crippen LogP contribution < -0.4 is 0 Å². The van der Waals surface area contributed by atoms with Crippen LogP contribution in [0.5, 0.6) is 0 Å². The minimum Gasteiger partial charge on any atom is -0.309 e. The number of nitrogens with zero attached hydrogens (tertiary/aromatic N) is 1. The Morgan fingerprint density at radius 1 is 0.438 bits per heavy atom. The van der Waals surface area contributed by atoms with E-state index in [9.17, 15) is 0 Å². The van der Waals surface area contributed by atoms with Crippen LogP contribution in [-0.4, -0.2) is 4.57 Å². The summed E-state index contributed by atoms with van der Waals surface area (Å²) in [5, 5.41) is 2.57. The van der Waals surface area contributed by atoms with Gasteiger partial charge in [-0.25, -0.2) is 0 Å². The first kappa shape index (κ1) is 18.7. The molecule has 6 rings (SSSR count). The molecule has 0 bridgehead atoms. The molecule has 1 nitrogen and oxygen atoms in total. The average molecular weight is 410 g/mol. The number of hydrogen-bond acceptors (Lipinski definition) is 0. The molecule has 0 aliphatic carbocycles. The van der Waals surface area contributed by atoms with Gasteiger partial charge in [0.1, 0.15) is 0 Å². The van der Waals surface area contributed by atoms with Crippen LogP contribution in [0.2, 0.25) is 0 Å². The van der Waals surface area contributed by atoms with E-state index in [4.69, 9.17) is 0 Å². The molecule has 5 aromatic carbocycles. The Hall–Kier alpha value is -4.10. The first-order valence-corrected chi connectivity index (χ1v) is 11.0. The van der Waals surface area contributed by atoms with Gasteiger partial charge in [-0.15, -0.1) is 0 Å². The molecule has 1 heterocycles. The molecule has 0 aliphatic rings. The van der Waals surface area contributed by atoms with E-state index in [1.54, 1.807) is 0 Å². The maximum atomic E-state index is 2.37. The molecule has 0 atom stereocenters. The van der Waals surface area contributed by atoms with Crippen molar-refractivity contribution in [3.63, 3.8) is 0 Å². The molecule has 0 amide bonds. The summed E-state index contributed by atoms with van der Waals surface area (Å²) in [6.07, 6.45) is 0. The highest BCUT2D eigenvalue weighted by Gasteiger charge is 2.13. The van der Waals surface area contributed by atoms with Crippen molar-refractivity contribution in [2.24, 2.45) is 0 Å². The average Bonchev–Trinajstić information content (AvgIpc) is 3.18. The quantitative estimate of drug-likeness (QED) is 0.276. The summed E-state index contributed by atoms with van der Waals surface area (Å²) < 4.78 is 2.37. The lowest BCUT2D eigenvalue weighted by molar-refractivity contribution is 1.18. The molecule has 1 aromatic heterocycles. The van der Waals surface area contributed by atoms with Crippen LogP contribution in [0.4, 0.5) is 0 Å². The van der Waals surface area contributed by atoms with Gasteiger partial charge in [-0.05, 0) is 59.5 Å². The topological polar surface area (TPSA) is 4.93 Å². The predicted molar refractivity (Wildman–Crippen MR) is 136 cm³/mol. The van der Waals surface area contributed by atoms with Crippen molar-refractivity contribution in [3.05, 3.63) is 127 Å². The Labute approximate surface area is 188 Å². The first-order valence-electron chi connectivity index (χ1n) is 11.0. The van der Waals surface area contributed by atoms with Gasteiger partial charge in [0.05, 0.1) is 11.0 Å². The number of aromatic nitrogens is 1. The van der Waals surface area contributed by atoms with Crippen molar-refractivity contribution < 1.29 is 0 Å². The molecular weight excluding hydrogens is 386 g/mol. The smallest absolute Gasteiger partial charge is 0.0541 e. The van der Waals surface area contributed by atoms with Crippen molar-refractivity contribution in [3.8, 4) is 27.9 Å². The summed E-state index contributed by atoms with van der Waals surface area (Å²) in [5.74, 6) is 0. The van der Waals surface area contributed by atoms with E-state index in [2.05, 4.69) is 133 Å². The van der Waals surface area contributed by atoms with Crippen LogP contribution in [-0.2, 0) is 0 Å². The first-order chi connectivity index (χ1) is 15.8. The number of benzene rings is 5. The lowest BCUT2D eigenvalue weighted by Gasteiger charge is -2.10. The van der Waals surface area contributed by atoms with Gasteiger partial charge >= 0.3 is 0 Å². The van der Waals surface area contributed by atoms with Gasteiger partial charge in [0.15, 0.2) is 0 Å². The molecule has 0 aliphatic heterocycles. The SMILES string of the molecule is Cc1cccc(-c2ccc3c(c2)c2ccccc2n3-c2ccc(-c3ccccc3)cc2)c1. The number of rotatable bonds is 3. The van der Waals surface area contributed by atoms with Gasteiger partial charge < -0.3 is 4.57 Å². The van der Waals surface area contributed by atoms with E-state index in [1.807, 2.05) is 0 Å². The Bertz CT molecular complexity index is 1550. The van der Waals surface area contributed by atoms with Gasteiger partial charge in [0.2, 0.25) is 0 Å². The van der Waals surface area contributed by atoms with Gasteiger partial charge in [-0.3, -0.25) is 0 Å². The zero-order valence-electron chi connectivity index (χ0n) is 18.0. The number of para-hydroxylation sites is 1. The summed E-state index contributed by atoms with van der Waals surface area (Å²) in [6.45, 7) is 2.15. The number of aryl methyl sites for hydroxylation is 1. The minimum atomic E-state index is 1.18. The summed E-state index contributed by atoms with van der Waals surface area (Å²) in [4.78, 5) is 0. The highest BCUT2D eigenvalue weighted by molar-refractivity contribution is 6.10. The summed E-state index contributed by atoms with van der Waals surface area (Å²) in [5.41, 5.74) is 9.91. The van der Waals surface area contributed by atoms with Gasteiger partial charge in [-0.2, -0.15) is 0 Å². The molecule has 0 unspecified atom stereocenters. The van der Waals surface area contributed by atoms with Crippen molar-refractivity contribution in [1.29, 1.82) is 0 Å². The number of fused-ring (bicyclic) bond motifs is 3. The van der Waals surface area contributed by atoms with E-state index in [0.29, 0.717) is 0 Å². The van der Waals surface area contributed by atoms with E-state index < -0.39 is 0 Å². The highest BCUT2D eigenvalue weighted by atomic mass is 15.0. The Kier molecular flexibility index (Phi) is 4.40. The van der Waals surface area contributed by atoms with Crippen LogP contribution in [0, 0.1) is 6.92 Å². The van der Waals surface area contributed by atoms with Crippen molar-refractivity contribution in [1.82, 2.24) is 4.57 Å². The van der Waals surface area contributed by atoms with Crippen LogP contribution in [0.25, 0.3) is 49.7 Å². The molecule has 6 aromatic rings. The van der Waals surface area contributed by atoms with Crippen LogP contribution >= 0.6 is 0 Å². The zero-order chi connectivity index (χ0) is 21.5. The van der Waals surface area contributed by atoms with E-state index in [0.717, 1.165) is 0 Å². The Balaban J connectivity index is 1.54. The molecule has 152 valence electrons. The van der Waals surface area contributed by atoms with Crippen molar-refractivity contribution >= 4 is 21.8 Å². The minimum absolute atomic E-state index is 1.18. The molecule has 0 radical (unpaired) electrons. The second-order valence-corrected chi connectivity index (χ2v) is 8.37. The number of hydrogen-bond donors (Lipinski definition) is 0.